The molecule has 3 aromatic rings. The molecule has 0 saturated heterocycles. The van der Waals surface area contributed by atoms with Crippen molar-refractivity contribution in [3.8, 4) is 0 Å². The van der Waals surface area contributed by atoms with Gasteiger partial charge in [0.15, 0.2) is 0 Å². The molecule has 1 atom stereocenters. The third kappa shape index (κ3) is 2.53. The summed E-state index contributed by atoms with van der Waals surface area (Å²) in [5.41, 5.74) is 2.56. The number of carbonyl (C=O) groups excluding carboxylic acids is 1. The second-order valence-corrected chi connectivity index (χ2v) is 4.98. The number of alkyl halides is 1. The van der Waals surface area contributed by atoms with E-state index < -0.39 is 5.38 Å². The summed E-state index contributed by atoms with van der Waals surface area (Å²) >= 11 is 6.19. The van der Waals surface area contributed by atoms with Gasteiger partial charge in [0.1, 0.15) is 5.38 Å². The molecule has 0 fully saturated rings. The molecule has 0 aliphatic carbocycles. The van der Waals surface area contributed by atoms with Gasteiger partial charge in [-0.25, -0.2) is 0 Å². The lowest BCUT2D eigenvalue weighted by molar-refractivity contribution is -0.116. The Labute approximate surface area is 121 Å². The number of anilines is 1. The maximum absolute atomic E-state index is 12.1. The summed E-state index contributed by atoms with van der Waals surface area (Å²) in [5.74, 6) is -0.229. The van der Waals surface area contributed by atoms with E-state index in [1.165, 1.54) is 0 Å². The summed E-state index contributed by atoms with van der Waals surface area (Å²) in [7, 11) is 0. The van der Waals surface area contributed by atoms with Gasteiger partial charge >= 0.3 is 0 Å². The molecule has 4 heteroatoms. The van der Waals surface area contributed by atoms with Crippen molar-refractivity contribution in [3.05, 3.63) is 66.4 Å². The van der Waals surface area contributed by atoms with E-state index in [-0.39, 0.29) is 5.91 Å². The van der Waals surface area contributed by atoms with E-state index in [1.807, 2.05) is 60.8 Å². The van der Waals surface area contributed by atoms with Gasteiger partial charge in [-0.3, -0.25) is 4.79 Å². The molecular formula is C16H13ClN2O. The fraction of sp³-hybridized carbons (Fsp3) is 0.0625. The van der Waals surface area contributed by atoms with Crippen molar-refractivity contribution in [2.45, 2.75) is 5.38 Å². The van der Waals surface area contributed by atoms with Crippen LogP contribution in [0.4, 0.5) is 5.69 Å². The number of aromatic amines is 1. The van der Waals surface area contributed by atoms with Crippen LogP contribution >= 0.6 is 11.6 Å². The zero-order valence-electron chi connectivity index (χ0n) is 10.6. The maximum atomic E-state index is 12.1. The zero-order chi connectivity index (χ0) is 13.9. The fourth-order valence-corrected chi connectivity index (χ4v) is 2.31. The van der Waals surface area contributed by atoms with Gasteiger partial charge in [0, 0.05) is 22.8 Å². The molecule has 3 rings (SSSR count). The Morgan fingerprint density at radius 2 is 1.90 bits per heavy atom. The molecular weight excluding hydrogens is 272 g/mol. The number of amides is 1. The van der Waals surface area contributed by atoms with E-state index >= 15 is 0 Å². The molecule has 1 heterocycles. The third-order valence-electron chi connectivity index (χ3n) is 3.14. The van der Waals surface area contributed by atoms with Gasteiger partial charge in [0.05, 0.1) is 0 Å². The summed E-state index contributed by atoms with van der Waals surface area (Å²) in [6.07, 6.45) is 1.87. The quantitative estimate of drug-likeness (QED) is 0.699. The number of carbonyl (C=O) groups is 1. The Morgan fingerprint density at radius 1 is 1.10 bits per heavy atom. The summed E-state index contributed by atoms with van der Waals surface area (Å²) in [6, 6.07) is 17.0. The van der Waals surface area contributed by atoms with Crippen LogP contribution in [0.5, 0.6) is 0 Å². The normalized spacial score (nSPS) is 12.2. The number of aromatic nitrogens is 1. The minimum atomic E-state index is -0.696. The first-order chi connectivity index (χ1) is 9.74. The molecule has 100 valence electrons. The van der Waals surface area contributed by atoms with Crippen molar-refractivity contribution in [1.29, 1.82) is 0 Å². The molecule has 0 aliphatic heterocycles. The highest BCUT2D eigenvalue weighted by atomic mass is 35.5. The van der Waals surface area contributed by atoms with Gasteiger partial charge in [-0.2, -0.15) is 0 Å². The Bertz CT molecular complexity index is 736. The van der Waals surface area contributed by atoms with Gasteiger partial charge in [-0.05, 0) is 29.8 Å². The molecule has 20 heavy (non-hydrogen) atoms. The smallest absolute Gasteiger partial charge is 0.246 e. The van der Waals surface area contributed by atoms with E-state index in [1.54, 1.807) is 0 Å². The van der Waals surface area contributed by atoms with Gasteiger partial charge in [0.25, 0.3) is 0 Å². The summed E-state index contributed by atoms with van der Waals surface area (Å²) in [4.78, 5) is 15.2. The van der Waals surface area contributed by atoms with Crippen LogP contribution in [0.1, 0.15) is 10.9 Å². The fourth-order valence-electron chi connectivity index (χ4n) is 2.11. The highest BCUT2D eigenvalue weighted by Crippen LogP contribution is 2.23. The molecule has 1 aromatic heterocycles. The second kappa shape index (κ2) is 5.39. The SMILES string of the molecule is O=C(Nc1ccc2[nH]ccc2c1)C(Cl)c1ccccc1. The first-order valence-corrected chi connectivity index (χ1v) is 6.75. The Kier molecular flexibility index (Phi) is 3.44. The van der Waals surface area contributed by atoms with Crippen LogP contribution in [-0.2, 0) is 4.79 Å². The number of rotatable bonds is 3. The van der Waals surface area contributed by atoms with Crippen molar-refractivity contribution >= 4 is 34.1 Å². The van der Waals surface area contributed by atoms with E-state index in [9.17, 15) is 4.79 Å². The van der Waals surface area contributed by atoms with Crippen molar-refractivity contribution in [1.82, 2.24) is 4.98 Å². The zero-order valence-corrected chi connectivity index (χ0v) is 11.4. The first kappa shape index (κ1) is 12.8. The van der Waals surface area contributed by atoms with E-state index in [0.29, 0.717) is 0 Å². The average molecular weight is 285 g/mol. The van der Waals surface area contributed by atoms with Gasteiger partial charge in [-0.15, -0.1) is 11.6 Å². The molecule has 2 N–H and O–H groups in total. The Balaban J connectivity index is 1.78. The third-order valence-corrected chi connectivity index (χ3v) is 3.59. The van der Waals surface area contributed by atoms with Crippen LogP contribution in [0.25, 0.3) is 10.9 Å². The predicted octanol–water partition coefficient (Wildman–Crippen LogP) is 4.09. The largest absolute Gasteiger partial charge is 0.361 e. The van der Waals surface area contributed by atoms with Crippen molar-refractivity contribution in [3.63, 3.8) is 0 Å². The molecule has 0 spiro atoms. The van der Waals surface area contributed by atoms with Crippen LogP contribution in [-0.4, -0.2) is 10.9 Å². The minimum absolute atomic E-state index is 0.229. The van der Waals surface area contributed by atoms with Gasteiger partial charge in [-0.1, -0.05) is 30.3 Å². The number of H-pyrrole nitrogens is 1. The van der Waals surface area contributed by atoms with Crippen LogP contribution in [0.3, 0.4) is 0 Å². The first-order valence-electron chi connectivity index (χ1n) is 6.31. The standard InChI is InChI=1S/C16H13ClN2O/c17-15(11-4-2-1-3-5-11)16(20)19-13-6-7-14-12(10-13)8-9-18-14/h1-10,15,18H,(H,19,20). The van der Waals surface area contributed by atoms with Crippen LogP contribution in [0.2, 0.25) is 0 Å². The average Bonchev–Trinajstić information content (AvgIpc) is 2.95. The molecule has 0 aliphatic rings. The van der Waals surface area contributed by atoms with Crippen molar-refractivity contribution in [2.24, 2.45) is 0 Å². The lowest BCUT2D eigenvalue weighted by Crippen LogP contribution is -2.17. The number of benzene rings is 2. The molecule has 2 aromatic carbocycles. The molecule has 0 saturated carbocycles. The van der Waals surface area contributed by atoms with Crippen molar-refractivity contribution in [2.75, 3.05) is 5.32 Å². The number of nitrogens with one attached hydrogen (secondary N) is 2. The Hall–Kier alpha value is -2.26. The molecule has 0 radical (unpaired) electrons. The monoisotopic (exact) mass is 284 g/mol. The lowest BCUT2D eigenvalue weighted by Gasteiger charge is -2.11. The highest BCUT2D eigenvalue weighted by Gasteiger charge is 2.17. The number of hydrogen-bond donors (Lipinski definition) is 2. The van der Waals surface area contributed by atoms with Crippen LogP contribution < -0.4 is 5.32 Å². The second-order valence-electron chi connectivity index (χ2n) is 4.54. The van der Waals surface area contributed by atoms with Crippen LogP contribution in [0.15, 0.2) is 60.8 Å². The van der Waals surface area contributed by atoms with E-state index in [2.05, 4.69) is 10.3 Å². The summed E-state index contributed by atoms with van der Waals surface area (Å²) < 4.78 is 0. The van der Waals surface area contributed by atoms with E-state index in [4.69, 9.17) is 11.6 Å². The topological polar surface area (TPSA) is 44.9 Å². The van der Waals surface area contributed by atoms with Crippen LogP contribution in [0, 0.1) is 0 Å². The summed E-state index contributed by atoms with van der Waals surface area (Å²) in [5, 5.41) is 3.19. The van der Waals surface area contributed by atoms with Gasteiger partial charge < -0.3 is 10.3 Å². The molecule has 1 amide bonds. The predicted molar refractivity (Wildman–Crippen MR) is 82.0 cm³/mol. The molecule has 0 bridgehead atoms. The number of halogens is 1. The maximum Gasteiger partial charge on any atom is 0.246 e. The Morgan fingerprint density at radius 3 is 2.70 bits per heavy atom. The highest BCUT2D eigenvalue weighted by molar-refractivity contribution is 6.32. The minimum Gasteiger partial charge on any atom is -0.361 e. The lowest BCUT2D eigenvalue weighted by atomic mass is 10.1. The van der Waals surface area contributed by atoms with Gasteiger partial charge in [0.2, 0.25) is 5.91 Å². The molecule has 3 nitrogen and oxygen atoms in total. The summed E-state index contributed by atoms with van der Waals surface area (Å²) in [6.45, 7) is 0. The van der Waals surface area contributed by atoms with Crippen molar-refractivity contribution < 1.29 is 4.79 Å². The molecule has 1 unspecified atom stereocenters. The number of fused-ring (bicyclic) bond motifs is 1. The van der Waals surface area contributed by atoms with E-state index in [0.717, 1.165) is 22.2 Å². The number of hydrogen-bond acceptors (Lipinski definition) is 1.